The van der Waals surface area contributed by atoms with Crippen molar-refractivity contribution in [2.75, 3.05) is 0 Å². The predicted octanol–water partition coefficient (Wildman–Crippen LogP) is 3.33. The van der Waals surface area contributed by atoms with Crippen LogP contribution in [0.5, 0.6) is 0 Å². The summed E-state index contributed by atoms with van der Waals surface area (Å²) in [6.45, 7) is 1.75. The highest BCUT2D eigenvalue weighted by Gasteiger charge is 2.32. The SMILES string of the molecule is Cc1nc(-n2cc(C(F)(F)F)cn2)ccc1CCl. The van der Waals surface area contributed by atoms with Crippen molar-refractivity contribution < 1.29 is 13.2 Å². The van der Waals surface area contributed by atoms with Gasteiger partial charge >= 0.3 is 6.18 Å². The minimum absolute atomic E-state index is 0.312. The summed E-state index contributed by atoms with van der Waals surface area (Å²) in [6.07, 6.45) is -2.72. The second kappa shape index (κ2) is 4.61. The fraction of sp³-hybridized carbons (Fsp3) is 0.273. The highest BCUT2D eigenvalue weighted by atomic mass is 35.5. The number of alkyl halides is 4. The lowest BCUT2D eigenvalue weighted by Gasteiger charge is -2.05. The Kier molecular flexibility index (Phi) is 3.30. The molecule has 0 aliphatic rings. The average Bonchev–Trinajstić information content (AvgIpc) is 2.77. The third-order valence-corrected chi connectivity index (χ3v) is 2.76. The molecular weight excluding hydrogens is 267 g/mol. The fourth-order valence-electron chi connectivity index (χ4n) is 1.44. The van der Waals surface area contributed by atoms with Crippen LogP contribution in [0.2, 0.25) is 0 Å². The molecule has 18 heavy (non-hydrogen) atoms. The minimum Gasteiger partial charge on any atom is -0.234 e. The van der Waals surface area contributed by atoms with E-state index in [9.17, 15) is 13.2 Å². The molecule has 0 atom stereocenters. The van der Waals surface area contributed by atoms with Crippen molar-refractivity contribution in [2.45, 2.75) is 19.0 Å². The maximum Gasteiger partial charge on any atom is 0.419 e. The molecule has 0 aliphatic carbocycles. The third kappa shape index (κ3) is 2.48. The lowest BCUT2D eigenvalue weighted by atomic mass is 10.2. The second-order valence-corrected chi connectivity index (χ2v) is 3.99. The molecule has 0 spiro atoms. The number of pyridine rings is 1. The molecule has 7 heteroatoms. The molecule has 0 radical (unpaired) electrons. The Morgan fingerprint density at radius 3 is 2.56 bits per heavy atom. The van der Waals surface area contributed by atoms with Gasteiger partial charge in [0.15, 0.2) is 5.82 Å². The van der Waals surface area contributed by atoms with Gasteiger partial charge in [0.1, 0.15) is 0 Å². The van der Waals surface area contributed by atoms with Gasteiger partial charge in [-0.3, -0.25) is 0 Å². The molecule has 0 unspecified atom stereocenters. The number of hydrogen-bond acceptors (Lipinski definition) is 2. The molecule has 0 saturated heterocycles. The van der Waals surface area contributed by atoms with Crippen LogP contribution in [0.1, 0.15) is 16.8 Å². The van der Waals surface area contributed by atoms with Crippen LogP contribution < -0.4 is 0 Å². The molecule has 0 N–H and O–H groups in total. The normalized spacial score (nSPS) is 11.8. The average molecular weight is 276 g/mol. The monoisotopic (exact) mass is 275 g/mol. The van der Waals surface area contributed by atoms with E-state index in [-0.39, 0.29) is 0 Å². The van der Waals surface area contributed by atoms with Gasteiger partial charge in [-0.2, -0.15) is 18.3 Å². The summed E-state index contributed by atoms with van der Waals surface area (Å²) in [5, 5.41) is 3.65. The van der Waals surface area contributed by atoms with E-state index in [4.69, 9.17) is 11.6 Å². The van der Waals surface area contributed by atoms with Crippen molar-refractivity contribution in [3.8, 4) is 5.82 Å². The lowest BCUT2D eigenvalue weighted by Crippen LogP contribution is -2.04. The van der Waals surface area contributed by atoms with Crippen LogP contribution in [0.25, 0.3) is 5.82 Å². The number of rotatable bonds is 2. The molecular formula is C11H9ClF3N3. The van der Waals surface area contributed by atoms with E-state index >= 15 is 0 Å². The van der Waals surface area contributed by atoms with Crippen LogP contribution in [0.4, 0.5) is 13.2 Å². The van der Waals surface area contributed by atoms with Gasteiger partial charge in [0, 0.05) is 17.8 Å². The highest BCUT2D eigenvalue weighted by Crippen LogP contribution is 2.29. The first-order valence-corrected chi connectivity index (χ1v) is 5.60. The Balaban J connectivity index is 2.38. The molecule has 96 valence electrons. The van der Waals surface area contributed by atoms with Gasteiger partial charge in [-0.05, 0) is 18.6 Å². The van der Waals surface area contributed by atoms with Crippen molar-refractivity contribution in [2.24, 2.45) is 0 Å². The van der Waals surface area contributed by atoms with Crippen LogP contribution in [0.3, 0.4) is 0 Å². The van der Waals surface area contributed by atoms with E-state index in [0.29, 0.717) is 17.4 Å². The largest absolute Gasteiger partial charge is 0.419 e. The molecule has 0 aromatic carbocycles. The van der Waals surface area contributed by atoms with Crippen molar-refractivity contribution in [3.05, 3.63) is 41.3 Å². The molecule has 2 heterocycles. The second-order valence-electron chi connectivity index (χ2n) is 3.72. The quantitative estimate of drug-likeness (QED) is 0.787. The van der Waals surface area contributed by atoms with Crippen LogP contribution >= 0.6 is 11.6 Å². The van der Waals surface area contributed by atoms with E-state index in [0.717, 1.165) is 22.6 Å². The number of hydrogen-bond donors (Lipinski definition) is 0. The van der Waals surface area contributed by atoms with Crippen molar-refractivity contribution >= 4 is 11.6 Å². The summed E-state index contributed by atoms with van der Waals surface area (Å²) in [5.74, 6) is 0.642. The molecule has 0 bridgehead atoms. The first-order valence-electron chi connectivity index (χ1n) is 5.06. The Labute approximate surface area is 106 Å². The number of aromatic nitrogens is 3. The molecule has 0 saturated carbocycles. The van der Waals surface area contributed by atoms with Gasteiger partial charge in [0.2, 0.25) is 0 Å². The minimum atomic E-state index is -4.40. The Morgan fingerprint density at radius 1 is 1.33 bits per heavy atom. The van der Waals surface area contributed by atoms with Crippen molar-refractivity contribution in [3.63, 3.8) is 0 Å². The van der Waals surface area contributed by atoms with Gasteiger partial charge in [-0.15, -0.1) is 11.6 Å². The summed E-state index contributed by atoms with van der Waals surface area (Å²) in [5.41, 5.74) is 0.707. The van der Waals surface area contributed by atoms with Crippen LogP contribution in [0.15, 0.2) is 24.5 Å². The Bertz CT molecular complexity index is 563. The van der Waals surface area contributed by atoms with Gasteiger partial charge in [0.25, 0.3) is 0 Å². The van der Waals surface area contributed by atoms with Crippen LogP contribution in [-0.4, -0.2) is 14.8 Å². The van der Waals surface area contributed by atoms with Gasteiger partial charge in [-0.25, -0.2) is 9.67 Å². The molecule has 2 aromatic rings. The van der Waals surface area contributed by atoms with Crippen LogP contribution in [-0.2, 0) is 12.1 Å². The van der Waals surface area contributed by atoms with E-state index < -0.39 is 11.7 Å². The summed E-state index contributed by atoms with van der Waals surface area (Å²) in [4.78, 5) is 4.16. The lowest BCUT2D eigenvalue weighted by molar-refractivity contribution is -0.137. The maximum atomic E-state index is 12.4. The van der Waals surface area contributed by atoms with Gasteiger partial charge in [-0.1, -0.05) is 6.07 Å². The molecule has 0 aliphatic heterocycles. The number of nitrogens with zero attached hydrogens (tertiary/aromatic N) is 3. The van der Waals surface area contributed by atoms with Crippen LogP contribution in [0, 0.1) is 6.92 Å². The summed E-state index contributed by atoms with van der Waals surface area (Å²) < 4.78 is 38.4. The van der Waals surface area contributed by atoms with Crippen molar-refractivity contribution in [1.29, 1.82) is 0 Å². The Hall–Kier alpha value is -1.56. The maximum absolute atomic E-state index is 12.4. The molecule has 0 amide bonds. The number of aryl methyl sites for hydroxylation is 1. The molecule has 2 rings (SSSR count). The summed E-state index contributed by atoms with van der Waals surface area (Å²) in [7, 11) is 0. The topological polar surface area (TPSA) is 30.7 Å². The Morgan fingerprint density at radius 2 is 2.06 bits per heavy atom. The zero-order valence-electron chi connectivity index (χ0n) is 9.37. The zero-order valence-corrected chi connectivity index (χ0v) is 10.1. The first kappa shape index (κ1) is 12.9. The summed E-state index contributed by atoms with van der Waals surface area (Å²) >= 11 is 5.68. The summed E-state index contributed by atoms with van der Waals surface area (Å²) in [6, 6.07) is 3.30. The molecule has 0 fully saturated rings. The highest BCUT2D eigenvalue weighted by molar-refractivity contribution is 6.17. The van der Waals surface area contributed by atoms with E-state index in [1.54, 1.807) is 19.1 Å². The molecule has 2 aromatic heterocycles. The zero-order chi connectivity index (χ0) is 13.3. The number of halogens is 4. The predicted molar refractivity (Wildman–Crippen MR) is 60.7 cm³/mol. The fourth-order valence-corrected chi connectivity index (χ4v) is 1.72. The van der Waals surface area contributed by atoms with Gasteiger partial charge in [0.05, 0.1) is 11.8 Å². The van der Waals surface area contributed by atoms with Crippen molar-refractivity contribution in [1.82, 2.24) is 14.8 Å². The van der Waals surface area contributed by atoms with Gasteiger partial charge < -0.3 is 0 Å². The van der Waals surface area contributed by atoms with E-state index in [1.807, 2.05) is 0 Å². The standard InChI is InChI=1S/C11H9ClF3N3/c1-7-8(4-12)2-3-10(17-7)18-6-9(5-16-18)11(13,14)15/h2-3,5-6H,4H2,1H3. The van der Waals surface area contributed by atoms with E-state index in [1.165, 1.54) is 0 Å². The molecule has 3 nitrogen and oxygen atoms in total. The first-order chi connectivity index (χ1) is 8.41. The third-order valence-electron chi connectivity index (χ3n) is 2.47. The van der Waals surface area contributed by atoms with E-state index in [2.05, 4.69) is 10.1 Å². The smallest absolute Gasteiger partial charge is 0.234 e.